The van der Waals surface area contributed by atoms with Crippen molar-refractivity contribution in [1.29, 1.82) is 0 Å². The molecule has 0 spiro atoms. The summed E-state index contributed by atoms with van der Waals surface area (Å²) in [6.45, 7) is 0. The van der Waals surface area contributed by atoms with Gasteiger partial charge in [0.2, 0.25) is 5.89 Å². The zero-order valence-electron chi connectivity index (χ0n) is 8.58. The Labute approximate surface area is 120 Å². The number of benzene rings is 1. The molecule has 0 fully saturated rings. The number of hydrogen-bond donors (Lipinski definition) is 1. The molecular formula is C10H8Br2ClN3O. The van der Waals surface area contributed by atoms with Crippen LogP contribution in [0, 0.1) is 0 Å². The second-order valence-electron chi connectivity index (χ2n) is 3.19. The molecule has 0 unspecified atom stereocenters. The van der Waals surface area contributed by atoms with Crippen molar-refractivity contribution in [2.45, 2.75) is 6.42 Å². The van der Waals surface area contributed by atoms with Gasteiger partial charge in [0.1, 0.15) is 0 Å². The Morgan fingerprint density at radius 3 is 2.88 bits per heavy atom. The molecular weight excluding hydrogens is 373 g/mol. The van der Waals surface area contributed by atoms with Gasteiger partial charge in [-0.3, -0.25) is 0 Å². The summed E-state index contributed by atoms with van der Waals surface area (Å²) in [6.07, 6.45) is 0.565. The highest BCUT2D eigenvalue weighted by atomic mass is 79.9. The van der Waals surface area contributed by atoms with Crippen molar-refractivity contribution < 1.29 is 4.42 Å². The molecule has 4 nitrogen and oxygen atoms in total. The Kier molecular flexibility index (Phi) is 4.42. The summed E-state index contributed by atoms with van der Waals surface area (Å²) in [5.74, 6) is 0.982. The van der Waals surface area contributed by atoms with Crippen molar-refractivity contribution in [2.75, 3.05) is 11.2 Å². The van der Waals surface area contributed by atoms with Gasteiger partial charge >= 0.3 is 6.01 Å². The van der Waals surface area contributed by atoms with Crippen LogP contribution in [0.2, 0.25) is 0 Å². The lowest BCUT2D eigenvalue weighted by Gasteiger charge is -2.04. The quantitative estimate of drug-likeness (QED) is 0.810. The van der Waals surface area contributed by atoms with E-state index in [0.29, 0.717) is 24.2 Å². The van der Waals surface area contributed by atoms with E-state index in [0.717, 1.165) is 14.6 Å². The molecule has 17 heavy (non-hydrogen) atoms. The number of nitrogens with zero attached hydrogens (tertiary/aromatic N) is 2. The number of hydrogen-bond acceptors (Lipinski definition) is 4. The molecule has 2 aromatic rings. The van der Waals surface area contributed by atoms with E-state index in [4.69, 9.17) is 16.0 Å². The molecule has 0 saturated heterocycles. The third kappa shape index (κ3) is 3.43. The fourth-order valence-corrected chi connectivity index (χ4v) is 2.06. The van der Waals surface area contributed by atoms with Crippen molar-refractivity contribution in [3.05, 3.63) is 33.0 Å². The molecule has 0 radical (unpaired) electrons. The van der Waals surface area contributed by atoms with Crippen molar-refractivity contribution in [1.82, 2.24) is 10.2 Å². The molecule has 0 aliphatic carbocycles. The maximum absolute atomic E-state index is 5.59. The van der Waals surface area contributed by atoms with E-state index < -0.39 is 0 Å². The summed E-state index contributed by atoms with van der Waals surface area (Å²) in [7, 11) is 0. The van der Waals surface area contributed by atoms with Crippen LogP contribution in [0.1, 0.15) is 5.89 Å². The third-order valence-electron chi connectivity index (χ3n) is 1.95. The monoisotopic (exact) mass is 379 g/mol. The lowest BCUT2D eigenvalue weighted by molar-refractivity contribution is 0.516. The Balaban J connectivity index is 2.16. The molecule has 0 saturated carbocycles. The maximum atomic E-state index is 5.59. The first kappa shape index (κ1) is 12.9. The summed E-state index contributed by atoms with van der Waals surface area (Å²) in [6, 6.07) is 6.11. The van der Waals surface area contributed by atoms with Crippen LogP contribution in [0.25, 0.3) is 0 Å². The van der Waals surface area contributed by atoms with Crippen LogP contribution >= 0.6 is 43.5 Å². The van der Waals surface area contributed by atoms with Gasteiger partial charge in [0.25, 0.3) is 0 Å². The Morgan fingerprint density at radius 1 is 1.29 bits per heavy atom. The summed E-state index contributed by atoms with van der Waals surface area (Å²) >= 11 is 12.4. The second-order valence-corrected chi connectivity index (χ2v) is 5.34. The van der Waals surface area contributed by atoms with Crippen LogP contribution in [0.15, 0.2) is 31.6 Å². The predicted molar refractivity (Wildman–Crippen MR) is 73.8 cm³/mol. The Bertz CT molecular complexity index is 518. The maximum Gasteiger partial charge on any atom is 0.320 e. The number of anilines is 2. The molecule has 0 amide bonds. The lowest BCUT2D eigenvalue weighted by Crippen LogP contribution is -1.91. The number of halogens is 3. The second kappa shape index (κ2) is 5.84. The van der Waals surface area contributed by atoms with Gasteiger partial charge in [-0.1, -0.05) is 21.0 Å². The van der Waals surface area contributed by atoms with Gasteiger partial charge in [0.15, 0.2) is 0 Å². The first-order valence-electron chi connectivity index (χ1n) is 4.79. The van der Waals surface area contributed by atoms with Gasteiger partial charge in [-0.25, -0.2) is 0 Å². The summed E-state index contributed by atoms with van der Waals surface area (Å²) in [4.78, 5) is 0. The van der Waals surface area contributed by atoms with Crippen LogP contribution < -0.4 is 5.32 Å². The molecule has 1 aromatic carbocycles. The van der Waals surface area contributed by atoms with E-state index >= 15 is 0 Å². The van der Waals surface area contributed by atoms with E-state index in [-0.39, 0.29) is 0 Å². The molecule has 0 bridgehead atoms. The number of alkyl halides is 1. The van der Waals surface area contributed by atoms with Crippen LogP contribution in [0.5, 0.6) is 0 Å². The van der Waals surface area contributed by atoms with Crippen molar-refractivity contribution >= 4 is 55.2 Å². The largest absolute Gasteiger partial charge is 0.408 e. The summed E-state index contributed by atoms with van der Waals surface area (Å²) < 4.78 is 7.25. The van der Waals surface area contributed by atoms with Gasteiger partial charge in [0.05, 0.1) is 5.69 Å². The highest BCUT2D eigenvalue weighted by Gasteiger charge is 2.07. The molecule has 7 heteroatoms. The molecule has 0 aliphatic rings. The van der Waals surface area contributed by atoms with Crippen LogP contribution in [-0.2, 0) is 6.42 Å². The predicted octanol–water partition coefficient (Wildman–Crippen LogP) is 4.12. The first-order chi connectivity index (χ1) is 8.19. The van der Waals surface area contributed by atoms with E-state index in [1.807, 2.05) is 18.2 Å². The fraction of sp³-hybridized carbons (Fsp3) is 0.200. The lowest BCUT2D eigenvalue weighted by atomic mass is 10.3. The van der Waals surface area contributed by atoms with E-state index in [1.165, 1.54) is 0 Å². The zero-order valence-corrected chi connectivity index (χ0v) is 12.5. The molecule has 0 aliphatic heterocycles. The topological polar surface area (TPSA) is 51.0 Å². The van der Waals surface area contributed by atoms with Crippen LogP contribution in [0.3, 0.4) is 0 Å². The normalized spacial score (nSPS) is 10.5. The number of aromatic nitrogens is 2. The standard InChI is InChI=1S/C10H8Br2ClN3O/c11-6-1-2-7(12)8(5-6)14-10-16-15-9(17-10)3-4-13/h1-2,5H,3-4H2,(H,14,16). The van der Waals surface area contributed by atoms with Gasteiger partial charge in [-0.2, -0.15) is 0 Å². The van der Waals surface area contributed by atoms with Crippen LogP contribution in [-0.4, -0.2) is 16.1 Å². The molecule has 1 heterocycles. The van der Waals surface area contributed by atoms with Crippen molar-refractivity contribution in [3.63, 3.8) is 0 Å². The molecule has 1 aromatic heterocycles. The van der Waals surface area contributed by atoms with Gasteiger partial charge in [-0.05, 0) is 34.1 Å². The Morgan fingerprint density at radius 2 is 2.12 bits per heavy atom. The molecule has 1 N–H and O–H groups in total. The number of aryl methyl sites for hydroxylation is 1. The van der Waals surface area contributed by atoms with E-state index in [2.05, 4.69) is 47.4 Å². The number of nitrogens with one attached hydrogen (secondary N) is 1. The summed E-state index contributed by atoms with van der Waals surface area (Å²) in [5.41, 5.74) is 0.848. The van der Waals surface area contributed by atoms with Crippen molar-refractivity contribution in [3.8, 4) is 0 Å². The fourth-order valence-electron chi connectivity index (χ4n) is 1.19. The average Bonchev–Trinajstić information content (AvgIpc) is 2.72. The highest BCUT2D eigenvalue weighted by molar-refractivity contribution is 9.11. The minimum atomic E-state index is 0.351. The smallest absolute Gasteiger partial charge is 0.320 e. The molecule has 0 atom stereocenters. The average molecular weight is 381 g/mol. The summed E-state index contributed by atoms with van der Waals surface area (Å²) in [5, 5.41) is 10.8. The van der Waals surface area contributed by atoms with E-state index in [9.17, 15) is 0 Å². The van der Waals surface area contributed by atoms with Gasteiger partial charge in [-0.15, -0.1) is 16.7 Å². The van der Waals surface area contributed by atoms with Crippen LogP contribution in [0.4, 0.5) is 11.7 Å². The highest BCUT2D eigenvalue weighted by Crippen LogP contribution is 2.28. The number of rotatable bonds is 4. The SMILES string of the molecule is ClCCc1nnc(Nc2cc(Br)ccc2Br)o1. The van der Waals surface area contributed by atoms with E-state index in [1.54, 1.807) is 0 Å². The first-order valence-corrected chi connectivity index (χ1v) is 6.91. The zero-order chi connectivity index (χ0) is 12.3. The minimum Gasteiger partial charge on any atom is -0.408 e. The Hall–Kier alpha value is -0.590. The van der Waals surface area contributed by atoms with Gasteiger partial charge in [0, 0.05) is 21.2 Å². The van der Waals surface area contributed by atoms with Crippen molar-refractivity contribution in [2.24, 2.45) is 0 Å². The molecule has 2 rings (SSSR count). The third-order valence-corrected chi connectivity index (χ3v) is 3.32. The molecule has 90 valence electrons. The van der Waals surface area contributed by atoms with Gasteiger partial charge < -0.3 is 9.73 Å². The minimum absolute atomic E-state index is 0.351.